The number of carbonyl (C=O) groups excluding carboxylic acids is 3. The number of rotatable bonds is 5. The number of benzene rings is 1. The van der Waals surface area contributed by atoms with Gasteiger partial charge >= 0.3 is 5.51 Å². The van der Waals surface area contributed by atoms with Gasteiger partial charge in [0.2, 0.25) is 17.7 Å². The number of imide groups is 1. The molecule has 136 valence electrons. The number of hydrogen-bond acceptors (Lipinski definition) is 4. The summed E-state index contributed by atoms with van der Waals surface area (Å²) in [6, 6.07) is 6.36. The van der Waals surface area contributed by atoms with Crippen LogP contribution in [0, 0.1) is 0 Å². The third-order valence-corrected chi connectivity index (χ3v) is 4.89. The Morgan fingerprint density at radius 3 is 2.44 bits per heavy atom. The molecule has 1 fully saturated rings. The third kappa shape index (κ3) is 4.75. The predicted molar refractivity (Wildman–Crippen MR) is 87.9 cm³/mol. The van der Waals surface area contributed by atoms with Gasteiger partial charge in [-0.15, -0.1) is 0 Å². The molecule has 0 aliphatic carbocycles. The van der Waals surface area contributed by atoms with Crippen LogP contribution in [0.5, 0.6) is 0 Å². The van der Waals surface area contributed by atoms with E-state index in [1.54, 1.807) is 12.1 Å². The summed E-state index contributed by atoms with van der Waals surface area (Å²) in [4.78, 5) is 35.2. The second-order valence-electron chi connectivity index (χ2n) is 5.67. The first-order chi connectivity index (χ1) is 11.7. The van der Waals surface area contributed by atoms with Gasteiger partial charge in [-0.3, -0.25) is 19.7 Å². The molecule has 1 unspecified atom stereocenters. The fraction of sp³-hybridized carbons (Fsp3) is 0.438. The van der Waals surface area contributed by atoms with Gasteiger partial charge in [0.1, 0.15) is 0 Å². The topological polar surface area (TPSA) is 75.3 Å². The van der Waals surface area contributed by atoms with Gasteiger partial charge in [0.25, 0.3) is 0 Å². The highest BCUT2D eigenvalue weighted by Crippen LogP contribution is 2.36. The van der Waals surface area contributed by atoms with E-state index in [1.807, 2.05) is 6.92 Å². The number of alkyl halides is 3. The fourth-order valence-electron chi connectivity index (χ4n) is 2.78. The van der Waals surface area contributed by atoms with Crippen LogP contribution in [0.1, 0.15) is 31.7 Å². The van der Waals surface area contributed by atoms with E-state index in [2.05, 4.69) is 10.6 Å². The van der Waals surface area contributed by atoms with E-state index in [9.17, 15) is 27.6 Å². The quantitative estimate of drug-likeness (QED) is 0.777. The Morgan fingerprint density at radius 1 is 1.28 bits per heavy atom. The number of thioether (sulfide) groups is 1. The van der Waals surface area contributed by atoms with Crippen molar-refractivity contribution in [2.75, 3.05) is 11.1 Å². The summed E-state index contributed by atoms with van der Waals surface area (Å²) in [5.74, 6) is -2.15. The molecule has 3 amide bonds. The summed E-state index contributed by atoms with van der Waals surface area (Å²) in [5, 5.41) is 4.72. The minimum absolute atomic E-state index is 0.243. The van der Waals surface area contributed by atoms with Crippen molar-refractivity contribution in [3.63, 3.8) is 0 Å². The molecule has 0 bridgehead atoms. The lowest BCUT2D eigenvalue weighted by Crippen LogP contribution is -2.51. The number of carbonyl (C=O) groups is 3. The number of amides is 3. The van der Waals surface area contributed by atoms with Gasteiger partial charge in [0.05, 0.1) is 11.2 Å². The molecule has 0 aromatic heterocycles. The summed E-state index contributed by atoms with van der Waals surface area (Å²) < 4.78 is 36.2. The molecule has 1 heterocycles. The molecular formula is C16H17F3N2O3S. The van der Waals surface area contributed by atoms with Crippen LogP contribution in [-0.4, -0.2) is 29.0 Å². The van der Waals surface area contributed by atoms with Crippen molar-refractivity contribution < 1.29 is 27.6 Å². The van der Waals surface area contributed by atoms with E-state index in [1.165, 1.54) is 12.1 Å². The molecule has 0 radical (unpaired) electrons. The first kappa shape index (κ1) is 19.3. The minimum atomic E-state index is -4.46. The molecule has 1 aromatic rings. The van der Waals surface area contributed by atoms with Crippen LogP contribution in [0.2, 0.25) is 0 Å². The van der Waals surface area contributed by atoms with Gasteiger partial charge in [-0.1, -0.05) is 19.1 Å². The molecule has 0 spiro atoms. The molecule has 1 atom stereocenters. The zero-order valence-corrected chi connectivity index (χ0v) is 14.2. The molecule has 2 rings (SSSR count). The zero-order valence-electron chi connectivity index (χ0n) is 13.4. The van der Waals surface area contributed by atoms with Crippen molar-refractivity contribution >= 4 is 35.2 Å². The summed E-state index contributed by atoms with van der Waals surface area (Å²) in [5.41, 5.74) is -4.24. The molecule has 9 heteroatoms. The highest BCUT2D eigenvalue weighted by Gasteiger charge is 2.42. The van der Waals surface area contributed by atoms with Crippen molar-refractivity contribution in [2.45, 2.75) is 37.1 Å². The Labute approximate surface area is 146 Å². The van der Waals surface area contributed by atoms with Crippen LogP contribution in [0.15, 0.2) is 24.3 Å². The van der Waals surface area contributed by atoms with E-state index in [-0.39, 0.29) is 18.2 Å². The Balaban J connectivity index is 2.07. The Morgan fingerprint density at radius 2 is 1.92 bits per heavy atom. The molecule has 2 N–H and O–H groups in total. The van der Waals surface area contributed by atoms with Crippen molar-refractivity contribution in [2.24, 2.45) is 0 Å². The van der Waals surface area contributed by atoms with Crippen molar-refractivity contribution in [3.8, 4) is 0 Å². The normalized spacial score (nSPS) is 21.0. The number of hydrogen-bond donors (Lipinski definition) is 2. The SMILES string of the molecule is CCC1(c2ccc(NC(=O)CSC(F)(F)F)cc2)CCC(=O)NC1=O. The van der Waals surface area contributed by atoms with Gasteiger partial charge in [-0.2, -0.15) is 13.2 Å². The molecule has 1 aliphatic rings. The Bertz CT molecular complexity index is 676. The second-order valence-corrected chi connectivity index (χ2v) is 6.71. The third-order valence-electron chi connectivity index (χ3n) is 4.16. The van der Waals surface area contributed by atoms with E-state index in [4.69, 9.17) is 0 Å². The standard InChI is InChI=1S/C16H17F3N2O3S/c1-2-15(8-7-12(22)21-14(15)24)10-3-5-11(6-4-10)20-13(23)9-25-16(17,18)19/h3-6H,2,7-9H2,1H3,(H,20,23)(H,21,22,24). The van der Waals surface area contributed by atoms with Crippen LogP contribution < -0.4 is 10.6 Å². The molecule has 1 saturated heterocycles. The second kappa shape index (κ2) is 7.47. The van der Waals surface area contributed by atoms with Gasteiger partial charge in [0, 0.05) is 12.1 Å². The van der Waals surface area contributed by atoms with Crippen molar-refractivity contribution in [3.05, 3.63) is 29.8 Å². The largest absolute Gasteiger partial charge is 0.442 e. The number of nitrogens with one attached hydrogen (secondary N) is 2. The average molecular weight is 374 g/mol. The maximum absolute atomic E-state index is 12.3. The summed E-state index contributed by atoms with van der Waals surface area (Å²) in [6.07, 6.45) is 1.13. The number of piperidine rings is 1. The minimum Gasteiger partial charge on any atom is -0.325 e. The first-order valence-electron chi connectivity index (χ1n) is 7.61. The van der Waals surface area contributed by atoms with Gasteiger partial charge in [-0.25, -0.2) is 0 Å². The monoisotopic (exact) mass is 374 g/mol. The van der Waals surface area contributed by atoms with Gasteiger partial charge in [0.15, 0.2) is 0 Å². The predicted octanol–water partition coefficient (Wildman–Crippen LogP) is 2.96. The van der Waals surface area contributed by atoms with Crippen molar-refractivity contribution in [1.82, 2.24) is 5.32 Å². The molecule has 1 aromatic carbocycles. The maximum Gasteiger partial charge on any atom is 0.442 e. The summed E-state index contributed by atoms with van der Waals surface area (Å²) in [6.45, 7) is 1.85. The molecule has 25 heavy (non-hydrogen) atoms. The van der Waals surface area contributed by atoms with Gasteiger partial charge < -0.3 is 5.32 Å². The van der Waals surface area contributed by atoms with Crippen LogP contribution >= 0.6 is 11.8 Å². The molecule has 0 saturated carbocycles. The smallest absolute Gasteiger partial charge is 0.325 e. The van der Waals surface area contributed by atoms with Crippen LogP contribution in [0.25, 0.3) is 0 Å². The van der Waals surface area contributed by atoms with E-state index in [0.717, 1.165) is 0 Å². The van der Waals surface area contributed by atoms with E-state index < -0.39 is 34.3 Å². The molecular weight excluding hydrogens is 357 g/mol. The fourth-order valence-corrected chi connectivity index (χ4v) is 3.15. The van der Waals surface area contributed by atoms with Crippen LogP contribution in [0.3, 0.4) is 0 Å². The molecule has 5 nitrogen and oxygen atoms in total. The van der Waals surface area contributed by atoms with Crippen LogP contribution in [-0.2, 0) is 19.8 Å². The average Bonchev–Trinajstić information content (AvgIpc) is 2.54. The molecule has 1 aliphatic heterocycles. The number of anilines is 1. The highest BCUT2D eigenvalue weighted by molar-refractivity contribution is 8.00. The lowest BCUT2D eigenvalue weighted by Gasteiger charge is -2.35. The van der Waals surface area contributed by atoms with Crippen LogP contribution in [0.4, 0.5) is 18.9 Å². The van der Waals surface area contributed by atoms with Gasteiger partial charge in [-0.05, 0) is 42.3 Å². The van der Waals surface area contributed by atoms with Crippen molar-refractivity contribution in [1.29, 1.82) is 0 Å². The van der Waals surface area contributed by atoms with E-state index in [0.29, 0.717) is 24.1 Å². The number of halogens is 3. The summed E-state index contributed by atoms with van der Waals surface area (Å²) >= 11 is -0.407. The first-order valence-corrected chi connectivity index (χ1v) is 8.60. The highest BCUT2D eigenvalue weighted by atomic mass is 32.2. The lowest BCUT2D eigenvalue weighted by molar-refractivity contribution is -0.138. The Kier molecular flexibility index (Phi) is 5.76. The Hall–Kier alpha value is -2.03. The lowest BCUT2D eigenvalue weighted by atomic mass is 9.72. The zero-order chi connectivity index (χ0) is 18.7. The maximum atomic E-state index is 12.3. The summed E-state index contributed by atoms with van der Waals surface area (Å²) in [7, 11) is 0. The van der Waals surface area contributed by atoms with E-state index >= 15 is 0 Å².